The highest BCUT2D eigenvalue weighted by Crippen LogP contribution is 2.24. The van der Waals surface area contributed by atoms with Crippen molar-refractivity contribution in [2.75, 3.05) is 0 Å². The third-order valence-electron chi connectivity index (χ3n) is 1.66. The maximum absolute atomic E-state index is 11.1. The van der Waals surface area contributed by atoms with Crippen molar-refractivity contribution in [2.45, 2.75) is 19.8 Å². The van der Waals surface area contributed by atoms with Crippen LogP contribution < -0.4 is 11.3 Å². The van der Waals surface area contributed by atoms with E-state index in [0.29, 0.717) is 5.02 Å². The number of rotatable bonds is 2. The topological polar surface area (TPSA) is 83.8 Å². The number of nitrogens with zero attached hydrogens (tertiary/aromatic N) is 1. The SMILES string of the molecule is CC(C)c1[nH]nc(C(=O)NN)c1Cl. The highest BCUT2D eigenvalue weighted by atomic mass is 35.5. The molecule has 0 aliphatic carbocycles. The Bertz CT molecular complexity index is 320. The zero-order chi connectivity index (χ0) is 10.0. The summed E-state index contributed by atoms with van der Waals surface area (Å²) in [7, 11) is 0. The van der Waals surface area contributed by atoms with Crippen LogP contribution in [0.25, 0.3) is 0 Å². The molecule has 0 atom stereocenters. The van der Waals surface area contributed by atoms with Gasteiger partial charge in [-0.3, -0.25) is 15.3 Å². The number of hydrogen-bond acceptors (Lipinski definition) is 3. The molecule has 1 amide bonds. The maximum Gasteiger partial charge on any atom is 0.287 e. The normalized spacial score (nSPS) is 10.5. The second-order valence-electron chi connectivity index (χ2n) is 2.93. The van der Waals surface area contributed by atoms with E-state index in [4.69, 9.17) is 17.4 Å². The summed E-state index contributed by atoms with van der Waals surface area (Å²) < 4.78 is 0. The summed E-state index contributed by atoms with van der Waals surface area (Å²) in [4.78, 5) is 11.1. The summed E-state index contributed by atoms with van der Waals surface area (Å²) in [6, 6.07) is 0. The third kappa shape index (κ3) is 1.81. The quantitative estimate of drug-likeness (QED) is 0.377. The van der Waals surface area contributed by atoms with Crippen LogP contribution in [0.3, 0.4) is 0 Å². The number of nitrogens with two attached hydrogens (primary N) is 1. The molecule has 13 heavy (non-hydrogen) atoms. The van der Waals surface area contributed by atoms with Crippen molar-refractivity contribution in [2.24, 2.45) is 5.84 Å². The monoisotopic (exact) mass is 202 g/mol. The van der Waals surface area contributed by atoms with Gasteiger partial charge in [-0.2, -0.15) is 5.10 Å². The third-order valence-corrected chi connectivity index (χ3v) is 2.04. The van der Waals surface area contributed by atoms with Crippen molar-refractivity contribution in [3.8, 4) is 0 Å². The molecular formula is C7H11ClN4O. The van der Waals surface area contributed by atoms with E-state index in [1.54, 1.807) is 0 Å². The molecule has 0 radical (unpaired) electrons. The van der Waals surface area contributed by atoms with E-state index in [2.05, 4.69) is 10.2 Å². The Kier molecular flexibility index (Phi) is 2.90. The summed E-state index contributed by atoms with van der Waals surface area (Å²) in [6.07, 6.45) is 0. The van der Waals surface area contributed by atoms with E-state index in [-0.39, 0.29) is 11.6 Å². The highest BCUT2D eigenvalue weighted by Gasteiger charge is 2.18. The fourth-order valence-corrected chi connectivity index (χ4v) is 1.33. The van der Waals surface area contributed by atoms with Gasteiger partial charge in [-0.15, -0.1) is 0 Å². The van der Waals surface area contributed by atoms with Gasteiger partial charge in [0.2, 0.25) is 0 Å². The molecule has 1 rings (SSSR count). The first-order valence-corrected chi connectivity index (χ1v) is 4.20. The lowest BCUT2D eigenvalue weighted by Gasteiger charge is -2.00. The number of nitrogens with one attached hydrogen (secondary N) is 2. The molecular weight excluding hydrogens is 192 g/mol. The van der Waals surface area contributed by atoms with Crippen LogP contribution in [-0.2, 0) is 0 Å². The Morgan fingerprint density at radius 1 is 1.69 bits per heavy atom. The van der Waals surface area contributed by atoms with Crippen LogP contribution >= 0.6 is 11.6 Å². The smallest absolute Gasteiger partial charge is 0.287 e. The molecule has 0 saturated carbocycles. The second kappa shape index (κ2) is 3.76. The van der Waals surface area contributed by atoms with Gasteiger partial charge in [0, 0.05) is 0 Å². The Hall–Kier alpha value is -1.07. The number of hydrogen-bond donors (Lipinski definition) is 3. The van der Waals surface area contributed by atoms with E-state index in [0.717, 1.165) is 5.69 Å². The number of hydrazine groups is 1. The van der Waals surface area contributed by atoms with E-state index < -0.39 is 5.91 Å². The van der Waals surface area contributed by atoms with Gasteiger partial charge < -0.3 is 0 Å². The Morgan fingerprint density at radius 3 is 2.69 bits per heavy atom. The number of aromatic nitrogens is 2. The Labute approximate surface area is 80.6 Å². The molecule has 4 N–H and O–H groups in total. The van der Waals surface area contributed by atoms with Crippen LogP contribution in [0.5, 0.6) is 0 Å². The summed E-state index contributed by atoms with van der Waals surface area (Å²) in [6.45, 7) is 3.90. The first kappa shape index (κ1) is 10.0. The summed E-state index contributed by atoms with van der Waals surface area (Å²) in [5.41, 5.74) is 2.84. The van der Waals surface area contributed by atoms with Gasteiger partial charge in [0.25, 0.3) is 5.91 Å². The van der Waals surface area contributed by atoms with Gasteiger partial charge in [0.15, 0.2) is 5.69 Å². The van der Waals surface area contributed by atoms with E-state index in [9.17, 15) is 4.79 Å². The number of carbonyl (C=O) groups excluding carboxylic acids is 1. The van der Waals surface area contributed by atoms with Gasteiger partial charge in [-0.25, -0.2) is 5.84 Å². The molecule has 1 aromatic rings. The first-order valence-electron chi connectivity index (χ1n) is 3.82. The molecule has 1 heterocycles. The number of aromatic amines is 1. The van der Waals surface area contributed by atoms with Crippen molar-refractivity contribution >= 4 is 17.5 Å². The number of H-pyrrole nitrogens is 1. The fraction of sp³-hybridized carbons (Fsp3) is 0.429. The zero-order valence-electron chi connectivity index (χ0n) is 7.39. The second-order valence-corrected chi connectivity index (χ2v) is 3.31. The average Bonchev–Trinajstić information content (AvgIpc) is 2.46. The van der Waals surface area contributed by atoms with Crippen molar-refractivity contribution in [3.05, 3.63) is 16.4 Å². The molecule has 0 fully saturated rings. The molecule has 72 valence electrons. The van der Waals surface area contributed by atoms with E-state index in [1.807, 2.05) is 19.3 Å². The van der Waals surface area contributed by atoms with E-state index >= 15 is 0 Å². The zero-order valence-corrected chi connectivity index (χ0v) is 8.14. The molecule has 0 saturated heterocycles. The first-order chi connectivity index (χ1) is 6.07. The van der Waals surface area contributed by atoms with Crippen molar-refractivity contribution in [3.63, 3.8) is 0 Å². The van der Waals surface area contributed by atoms with Crippen molar-refractivity contribution in [1.82, 2.24) is 15.6 Å². The van der Waals surface area contributed by atoms with E-state index in [1.165, 1.54) is 0 Å². The fourth-order valence-electron chi connectivity index (χ4n) is 0.943. The summed E-state index contributed by atoms with van der Waals surface area (Å²) in [5, 5.41) is 6.78. The summed E-state index contributed by atoms with van der Waals surface area (Å²) in [5.74, 6) is 4.65. The van der Waals surface area contributed by atoms with Gasteiger partial charge in [-0.1, -0.05) is 25.4 Å². The van der Waals surface area contributed by atoms with Crippen LogP contribution in [0.1, 0.15) is 35.9 Å². The summed E-state index contributed by atoms with van der Waals surface area (Å²) >= 11 is 5.88. The van der Waals surface area contributed by atoms with Crippen LogP contribution in [-0.4, -0.2) is 16.1 Å². The Morgan fingerprint density at radius 2 is 2.31 bits per heavy atom. The Balaban J connectivity index is 3.06. The molecule has 1 aromatic heterocycles. The van der Waals surface area contributed by atoms with Gasteiger partial charge in [0.05, 0.1) is 10.7 Å². The van der Waals surface area contributed by atoms with Crippen LogP contribution in [0.2, 0.25) is 5.02 Å². The standard InChI is InChI=1S/C7H11ClN4O/c1-3(2)5-4(8)6(12-11-5)7(13)10-9/h3H,9H2,1-2H3,(H,10,13)(H,11,12). The molecule has 0 aromatic carbocycles. The molecule has 5 nitrogen and oxygen atoms in total. The predicted molar refractivity (Wildman–Crippen MR) is 49.3 cm³/mol. The molecule has 0 aliphatic heterocycles. The molecule has 6 heteroatoms. The van der Waals surface area contributed by atoms with Crippen LogP contribution in [0.4, 0.5) is 0 Å². The van der Waals surface area contributed by atoms with Crippen LogP contribution in [0, 0.1) is 0 Å². The minimum atomic E-state index is -0.492. The number of carbonyl (C=O) groups is 1. The maximum atomic E-state index is 11.1. The highest BCUT2D eigenvalue weighted by molar-refractivity contribution is 6.34. The molecule has 0 unspecified atom stereocenters. The van der Waals surface area contributed by atoms with Gasteiger partial charge >= 0.3 is 0 Å². The minimum absolute atomic E-state index is 0.132. The van der Waals surface area contributed by atoms with Gasteiger partial charge in [-0.05, 0) is 5.92 Å². The predicted octanol–water partition coefficient (Wildman–Crippen LogP) is 0.790. The number of amides is 1. The lowest BCUT2D eigenvalue weighted by molar-refractivity contribution is 0.0949. The molecule has 0 bridgehead atoms. The van der Waals surface area contributed by atoms with Crippen molar-refractivity contribution in [1.29, 1.82) is 0 Å². The lowest BCUT2D eigenvalue weighted by atomic mass is 10.1. The number of halogens is 1. The van der Waals surface area contributed by atoms with Gasteiger partial charge in [0.1, 0.15) is 0 Å². The minimum Gasteiger partial charge on any atom is -0.289 e. The molecule has 0 spiro atoms. The average molecular weight is 203 g/mol. The molecule has 0 aliphatic rings. The lowest BCUT2D eigenvalue weighted by Crippen LogP contribution is -2.30. The number of nitrogen functional groups attached to an aromatic ring is 1. The largest absolute Gasteiger partial charge is 0.289 e. The van der Waals surface area contributed by atoms with Crippen LogP contribution in [0.15, 0.2) is 0 Å². The van der Waals surface area contributed by atoms with Crippen molar-refractivity contribution < 1.29 is 4.79 Å².